The molecular weight excluding hydrogens is 252 g/mol. The normalized spacial score (nSPS) is 31.1. The van der Waals surface area contributed by atoms with Crippen LogP contribution in [-0.2, 0) is 0 Å². The lowest BCUT2D eigenvalue weighted by molar-refractivity contribution is 0.251. The maximum atomic E-state index is 12.0. The Kier molecular flexibility index (Phi) is 2.49. The van der Waals surface area contributed by atoms with E-state index in [1.54, 1.807) is 10.7 Å². The van der Waals surface area contributed by atoms with Crippen LogP contribution < -0.4 is 10.6 Å². The fourth-order valence-electron chi connectivity index (χ4n) is 3.16. The van der Waals surface area contributed by atoms with E-state index in [1.165, 1.54) is 6.42 Å². The van der Waals surface area contributed by atoms with Gasteiger partial charge in [-0.2, -0.15) is 5.10 Å². The fourth-order valence-corrected chi connectivity index (χ4v) is 3.16. The summed E-state index contributed by atoms with van der Waals surface area (Å²) in [5, 5.41) is 10.2. The first-order valence-corrected chi connectivity index (χ1v) is 7.22. The van der Waals surface area contributed by atoms with Gasteiger partial charge in [-0.05, 0) is 42.7 Å². The van der Waals surface area contributed by atoms with Crippen molar-refractivity contribution < 1.29 is 4.79 Å². The molecule has 0 unspecified atom stereocenters. The number of nitrogens with zero attached hydrogens (tertiary/aromatic N) is 2. The second-order valence-corrected chi connectivity index (χ2v) is 6.07. The van der Waals surface area contributed by atoms with Gasteiger partial charge in [-0.25, -0.2) is 9.31 Å². The maximum absolute atomic E-state index is 12.0. The van der Waals surface area contributed by atoms with Gasteiger partial charge in [0, 0.05) is 12.2 Å². The van der Waals surface area contributed by atoms with E-state index in [2.05, 4.69) is 22.7 Å². The number of urea groups is 1. The van der Waals surface area contributed by atoms with Crippen molar-refractivity contribution in [2.45, 2.75) is 25.8 Å². The summed E-state index contributed by atoms with van der Waals surface area (Å²) in [5.74, 6) is 2.41. The molecule has 0 spiro atoms. The molecular formula is C15H18N4O. The average Bonchev–Trinajstić information content (AvgIpc) is 3.31. The van der Waals surface area contributed by atoms with Crippen LogP contribution >= 0.6 is 0 Å². The SMILES string of the molecule is C[C@@H]1C[C@H]1[C@@H]1C[C@H]1NC(=O)Nc1cnn2ccccc12. The van der Waals surface area contributed by atoms with Crippen LogP contribution in [0.2, 0.25) is 0 Å². The Morgan fingerprint density at radius 2 is 2.20 bits per heavy atom. The largest absolute Gasteiger partial charge is 0.335 e. The number of anilines is 1. The number of amides is 2. The number of pyridine rings is 1. The van der Waals surface area contributed by atoms with Gasteiger partial charge in [-0.3, -0.25) is 0 Å². The minimum Gasteiger partial charge on any atom is -0.335 e. The molecule has 104 valence electrons. The van der Waals surface area contributed by atoms with Crippen LogP contribution in [0.5, 0.6) is 0 Å². The van der Waals surface area contributed by atoms with Gasteiger partial charge in [0.2, 0.25) is 0 Å². The number of fused-ring (bicyclic) bond motifs is 1. The Hall–Kier alpha value is -2.04. The maximum Gasteiger partial charge on any atom is 0.319 e. The fraction of sp³-hybridized carbons (Fsp3) is 0.467. The van der Waals surface area contributed by atoms with E-state index in [9.17, 15) is 4.79 Å². The van der Waals surface area contributed by atoms with Crippen LogP contribution in [0.3, 0.4) is 0 Å². The van der Waals surface area contributed by atoms with Gasteiger partial charge in [0.05, 0.1) is 17.4 Å². The monoisotopic (exact) mass is 270 g/mol. The van der Waals surface area contributed by atoms with Gasteiger partial charge in [0.25, 0.3) is 0 Å². The van der Waals surface area contributed by atoms with Crippen LogP contribution in [0.1, 0.15) is 19.8 Å². The van der Waals surface area contributed by atoms with Gasteiger partial charge in [-0.15, -0.1) is 0 Å². The number of nitrogens with one attached hydrogen (secondary N) is 2. The molecule has 20 heavy (non-hydrogen) atoms. The highest BCUT2D eigenvalue weighted by Gasteiger charge is 2.52. The summed E-state index contributed by atoms with van der Waals surface area (Å²) in [5.41, 5.74) is 1.66. The molecule has 2 aliphatic rings. The van der Waals surface area contributed by atoms with E-state index in [1.807, 2.05) is 24.4 Å². The summed E-state index contributed by atoms with van der Waals surface area (Å²) in [6.07, 6.45) is 6.02. The number of rotatable bonds is 3. The van der Waals surface area contributed by atoms with Gasteiger partial charge >= 0.3 is 6.03 Å². The highest BCUT2D eigenvalue weighted by Crippen LogP contribution is 2.54. The molecule has 0 radical (unpaired) electrons. The first-order chi connectivity index (χ1) is 9.72. The first kappa shape index (κ1) is 11.8. The summed E-state index contributed by atoms with van der Waals surface area (Å²) in [6, 6.07) is 6.03. The molecule has 2 fully saturated rings. The van der Waals surface area contributed by atoms with Crippen molar-refractivity contribution in [2.75, 3.05) is 5.32 Å². The van der Waals surface area contributed by atoms with Crippen LogP contribution in [0, 0.1) is 17.8 Å². The lowest BCUT2D eigenvalue weighted by Crippen LogP contribution is -2.31. The molecule has 0 bridgehead atoms. The second kappa shape index (κ2) is 4.23. The van der Waals surface area contributed by atoms with Crippen molar-refractivity contribution in [3.63, 3.8) is 0 Å². The Balaban J connectivity index is 1.38. The van der Waals surface area contributed by atoms with Crippen LogP contribution in [0.15, 0.2) is 30.6 Å². The Labute approximate surface area is 117 Å². The van der Waals surface area contributed by atoms with Crippen molar-refractivity contribution in [1.82, 2.24) is 14.9 Å². The third kappa shape index (κ3) is 2.03. The second-order valence-electron chi connectivity index (χ2n) is 6.07. The van der Waals surface area contributed by atoms with E-state index >= 15 is 0 Å². The molecule has 2 N–H and O–H groups in total. The summed E-state index contributed by atoms with van der Waals surface area (Å²) in [7, 11) is 0. The lowest BCUT2D eigenvalue weighted by atomic mass is 10.2. The smallest absolute Gasteiger partial charge is 0.319 e. The highest BCUT2D eigenvalue weighted by molar-refractivity contribution is 5.94. The lowest BCUT2D eigenvalue weighted by Gasteiger charge is -2.06. The quantitative estimate of drug-likeness (QED) is 0.900. The molecule has 4 atom stereocenters. The van der Waals surface area contributed by atoms with E-state index in [-0.39, 0.29) is 6.03 Å². The van der Waals surface area contributed by atoms with Crippen molar-refractivity contribution in [3.05, 3.63) is 30.6 Å². The highest BCUT2D eigenvalue weighted by atomic mass is 16.2. The van der Waals surface area contributed by atoms with Crippen molar-refractivity contribution in [3.8, 4) is 0 Å². The number of hydrogen-bond acceptors (Lipinski definition) is 2. The summed E-state index contributed by atoms with van der Waals surface area (Å²) < 4.78 is 1.75. The molecule has 5 nitrogen and oxygen atoms in total. The van der Waals surface area contributed by atoms with Crippen LogP contribution in [0.4, 0.5) is 10.5 Å². The molecule has 2 heterocycles. The standard InChI is InChI=1S/C15H18N4O/c1-9-6-10(9)11-7-12(11)17-15(20)18-13-8-16-19-5-3-2-4-14(13)19/h2-5,8-12H,6-7H2,1H3,(H2,17,18,20)/t9-,10-,11+,12-/m1/s1. The van der Waals surface area contributed by atoms with E-state index < -0.39 is 0 Å². The molecule has 2 amide bonds. The zero-order chi connectivity index (χ0) is 13.7. The number of carbonyl (C=O) groups is 1. The Bertz CT molecular complexity index is 665. The summed E-state index contributed by atoms with van der Waals surface area (Å²) in [4.78, 5) is 12.0. The zero-order valence-corrected chi connectivity index (χ0v) is 11.4. The molecule has 2 saturated carbocycles. The molecule has 4 rings (SSSR count). The third-order valence-corrected chi connectivity index (χ3v) is 4.55. The van der Waals surface area contributed by atoms with Gasteiger partial charge in [0.15, 0.2) is 0 Å². The Morgan fingerprint density at radius 3 is 3.00 bits per heavy atom. The van der Waals surface area contributed by atoms with Crippen molar-refractivity contribution >= 4 is 17.2 Å². The molecule has 2 aromatic heterocycles. The number of aromatic nitrogens is 2. The minimum atomic E-state index is -0.121. The molecule has 0 aromatic carbocycles. The minimum absolute atomic E-state index is 0.121. The number of hydrogen-bond donors (Lipinski definition) is 2. The average molecular weight is 270 g/mol. The third-order valence-electron chi connectivity index (χ3n) is 4.55. The number of carbonyl (C=O) groups excluding carboxylic acids is 1. The van der Waals surface area contributed by atoms with Gasteiger partial charge < -0.3 is 10.6 Å². The van der Waals surface area contributed by atoms with E-state index in [0.29, 0.717) is 12.0 Å². The predicted molar refractivity (Wildman–Crippen MR) is 76.5 cm³/mol. The first-order valence-electron chi connectivity index (χ1n) is 7.22. The van der Waals surface area contributed by atoms with E-state index in [0.717, 1.165) is 29.5 Å². The zero-order valence-electron chi connectivity index (χ0n) is 11.4. The molecule has 0 saturated heterocycles. The Morgan fingerprint density at radius 1 is 1.35 bits per heavy atom. The topological polar surface area (TPSA) is 58.4 Å². The van der Waals surface area contributed by atoms with E-state index in [4.69, 9.17) is 0 Å². The molecule has 5 heteroatoms. The molecule has 2 aliphatic carbocycles. The van der Waals surface area contributed by atoms with Gasteiger partial charge in [-0.1, -0.05) is 13.0 Å². The van der Waals surface area contributed by atoms with Crippen LogP contribution in [0.25, 0.3) is 5.52 Å². The molecule has 2 aromatic rings. The summed E-state index contributed by atoms with van der Waals surface area (Å²) >= 11 is 0. The van der Waals surface area contributed by atoms with Crippen molar-refractivity contribution in [2.24, 2.45) is 17.8 Å². The summed E-state index contributed by atoms with van der Waals surface area (Å²) in [6.45, 7) is 2.29. The van der Waals surface area contributed by atoms with Gasteiger partial charge in [0.1, 0.15) is 0 Å². The van der Waals surface area contributed by atoms with Crippen molar-refractivity contribution in [1.29, 1.82) is 0 Å². The predicted octanol–water partition coefficient (Wildman–Crippen LogP) is 2.50. The van der Waals surface area contributed by atoms with Crippen LogP contribution in [-0.4, -0.2) is 21.7 Å². The molecule has 0 aliphatic heterocycles.